The molecule has 2 N–H and O–H groups in total. The highest BCUT2D eigenvalue weighted by Crippen LogP contribution is 2.19. The third kappa shape index (κ3) is 3.43. The van der Waals surface area contributed by atoms with E-state index in [1.807, 2.05) is 6.07 Å². The first-order valence-electron chi connectivity index (χ1n) is 6.49. The Bertz CT molecular complexity index is 391. The van der Waals surface area contributed by atoms with E-state index >= 15 is 0 Å². The fraction of sp³-hybridized carbons (Fsp3) is 0.571. The second-order valence-corrected chi connectivity index (χ2v) is 4.92. The van der Waals surface area contributed by atoms with Gasteiger partial charge in [0.1, 0.15) is 5.82 Å². The summed E-state index contributed by atoms with van der Waals surface area (Å²) in [6.07, 6.45) is 0.968. The van der Waals surface area contributed by atoms with Gasteiger partial charge in [-0.25, -0.2) is 4.39 Å². The Labute approximate surface area is 108 Å². The van der Waals surface area contributed by atoms with E-state index in [0.717, 1.165) is 31.9 Å². The predicted octanol–water partition coefficient (Wildman–Crippen LogP) is 2.31. The highest BCUT2D eigenvalue weighted by Gasteiger charge is 2.16. The molecule has 0 saturated carbocycles. The van der Waals surface area contributed by atoms with Gasteiger partial charge in [0.15, 0.2) is 0 Å². The van der Waals surface area contributed by atoms with E-state index in [9.17, 15) is 4.39 Å². The zero-order chi connectivity index (χ0) is 13.0. The third-order valence-electron chi connectivity index (χ3n) is 3.31. The highest BCUT2D eigenvalue weighted by atomic mass is 19.1. The zero-order valence-corrected chi connectivity index (χ0v) is 11.0. The lowest BCUT2D eigenvalue weighted by atomic mass is 10.1. The predicted molar refractivity (Wildman–Crippen MR) is 71.4 cm³/mol. The standard InChI is InChI=1S/C14H21FN2O/c1-10(8-12-9-18-7-6-16-12)17-14-5-3-4-13(15)11(14)2/h3-5,10,12,16-17H,6-9H2,1-2H3. The Morgan fingerprint density at radius 2 is 2.39 bits per heavy atom. The lowest BCUT2D eigenvalue weighted by molar-refractivity contribution is 0.0731. The Hall–Kier alpha value is -1.13. The molecule has 18 heavy (non-hydrogen) atoms. The summed E-state index contributed by atoms with van der Waals surface area (Å²) in [6, 6.07) is 5.81. The molecule has 1 aromatic carbocycles. The largest absolute Gasteiger partial charge is 0.382 e. The van der Waals surface area contributed by atoms with Gasteiger partial charge in [-0.2, -0.15) is 0 Å². The quantitative estimate of drug-likeness (QED) is 0.862. The summed E-state index contributed by atoms with van der Waals surface area (Å²) in [4.78, 5) is 0. The molecule has 0 radical (unpaired) electrons. The van der Waals surface area contributed by atoms with Gasteiger partial charge in [-0.05, 0) is 32.4 Å². The maximum absolute atomic E-state index is 13.4. The van der Waals surface area contributed by atoms with E-state index < -0.39 is 0 Å². The second kappa shape index (κ2) is 6.16. The summed E-state index contributed by atoms with van der Waals surface area (Å²) < 4.78 is 18.8. The number of benzene rings is 1. The van der Waals surface area contributed by atoms with E-state index in [0.29, 0.717) is 11.6 Å². The van der Waals surface area contributed by atoms with E-state index in [4.69, 9.17) is 4.74 Å². The van der Waals surface area contributed by atoms with E-state index in [1.54, 1.807) is 13.0 Å². The summed E-state index contributed by atoms with van der Waals surface area (Å²) in [7, 11) is 0. The molecule has 2 unspecified atom stereocenters. The van der Waals surface area contributed by atoms with Gasteiger partial charge in [0.05, 0.1) is 13.2 Å². The first-order valence-corrected chi connectivity index (χ1v) is 6.49. The molecule has 4 heteroatoms. The van der Waals surface area contributed by atoms with E-state index in [2.05, 4.69) is 17.6 Å². The number of anilines is 1. The van der Waals surface area contributed by atoms with Gasteiger partial charge < -0.3 is 15.4 Å². The highest BCUT2D eigenvalue weighted by molar-refractivity contribution is 5.51. The summed E-state index contributed by atoms with van der Waals surface area (Å²) in [6.45, 7) is 6.37. The van der Waals surface area contributed by atoms with Crippen LogP contribution in [0.1, 0.15) is 18.9 Å². The van der Waals surface area contributed by atoms with Crippen molar-refractivity contribution in [2.75, 3.05) is 25.1 Å². The lowest BCUT2D eigenvalue weighted by Gasteiger charge is -2.27. The van der Waals surface area contributed by atoms with Gasteiger partial charge in [-0.3, -0.25) is 0 Å². The van der Waals surface area contributed by atoms with Crippen LogP contribution in [0, 0.1) is 12.7 Å². The Morgan fingerprint density at radius 3 is 3.11 bits per heavy atom. The fourth-order valence-electron chi connectivity index (χ4n) is 2.29. The van der Waals surface area contributed by atoms with Crippen LogP contribution in [-0.4, -0.2) is 31.8 Å². The number of rotatable bonds is 4. The molecule has 100 valence electrons. The van der Waals surface area contributed by atoms with E-state index in [-0.39, 0.29) is 11.9 Å². The molecular formula is C14H21FN2O. The van der Waals surface area contributed by atoms with Gasteiger partial charge in [-0.1, -0.05) is 6.07 Å². The molecule has 1 fully saturated rings. The monoisotopic (exact) mass is 252 g/mol. The molecule has 1 aliphatic heterocycles. The molecule has 3 nitrogen and oxygen atoms in total. The van der Waals surface area contributed by atoms with Crippen LogP contribution in [0.4, 0.5) is 10.1 Å². The van der Waals surface area contributed by atoms with Gasteiger partial charge in [-0.15, -0.1) is 0 Å². The fourth-order valence-corrected chi connectivity index (χ4v) is 2.29. The maximum Gasteiger partial charge on any atom is 0.128 e. The number of nitrogens with one attached hydrogen (secondary N) is 2. The molecule has 2 atom stereocenters. The summed E-state index contributed by atoms with van der Waals surface area (Å²) in [5, 5.41) is 6.79. The van der Waals surface area contributed by atoms with Crippen molar-refractivity contribution in [3.05, 3.63) is 29.6 Å². The first kappa shape index (κ1) is 13.3. The number of ether oxygens (including phenoxy) is 1. The molecule has 2 rings (SSSR count). The van der Waals surface area contributed by atoms with Crippen LogP contribution in [0.5, 0.6) is 0 Å². The SMILES string of the molecule is Cc1c(F)cccc1NC(C)CC1COCCN1. The minimum absolute atomic E-state index is 0.161. The molecule has 0 aliphatic carbocycles. The van der Waals surface area contributed by atoms with Crippen LogP contribution in [-0.2, 0) is 4.74 Å². The average Bonchev–Trinajstić information content (AvgIpc) is 2.36. The minimum Gasteiger partial charge on any atom is -0.382 e. The van der Waals surface area contributed by atoms with Gasteiger partial charge >= 0.3 is 0 Å². The summed E-state index contributed by atoms with van der Waals surface area (Å²) in [5.74, 6) is -0.161. The van der Waals surface area contributed by atoms with Gasteiger partial charge in [0.25, 0.3) is 0 Å². The normalized spacial score (nSPS) is 21.6. The van der Waals surface area contributed by atoms with Crippen molar-refractivity contribution in [2.24, 2.45) is 0 Å². The third-order valence-corrected chi connectivity index (χ3v) is 3.31. The Balaban J connectivity index is 1.90. The second-order valence-electron chi connectivity index (χ2n) is 4.92. The van der Waals surface area contributed by atoms with Crippen LogP contribution >= 0.6 is 0 Å². The minimum atomic E-state index is -0.161. The topological polar surface area (TPSA) is 33.3 Å². The summed E-state index contributed by atoms with van der Waals surface area (Å²) >= 11 is 0. The number of hydrogen-bond acceptors (Lipinski definition) is 3. The molecule has 0 amide bonds. The number of hydrogen-bond donors (Lipinski definition) is 2. The van der Waals surface area contributed by atoms with E-state index in [1.165, 1.54) is 6.07 Å². The molecule has 0 spiro atoms. The smallest absolute Gasteiger partial charge is 0.128 e. The van der Waals surface area contributed by atoms with Gasteiger partial charge in [0.2, 0.25) is 0 Å². The van der Waals surface area contributed by atoms with Crippen molar-refractivity contribution < 1.29 is 9.13 Å². The van der Waals surface area contributed by atoms with Crippen molar-refractivity contribution in [1.29, 1.82) is 0 Å². The first-order chi connectivity index (χ1) is 8.66. The van der Waals surface area contributed by atoms with Gasteiger partial charge in [0, 0.05) is 29.9 Å². The molecule has 1 aliphatic rings. The molecule has 0 bridgehead atoms. The van der Waals surface area contributed by atoms with Crippen LogP contribution in [0.25, 0.3) is 0 Å². The van der Waals surface area contributed by atoms with Crippen molar-refractivity contribution >= 4 is 5.69 Å². The molecule has 0 aromatic heterocycles. The van der Waals surface area contributed by atoms with Crippen molar-refractivity contribution in [2.45, 2.75) is 32.4 Å². The van der Waals surface area contributed by atoms with Crippen molar-refractivity contribution in [3.63, 3.8) is 0 Å². The van der Waals surface area contributed by atoms with Crippen LogP contribution in [0.2, 0.25) is 0 Å². The molecule has 1 saturated heterocycles. The Kier molecular flexibility index (Phi) is 4.55. The number of halogens is 1. The molecular weight excluding hydrogens is 231 g/mol. The van der Waals surface area contributed by atoms with Crippen LogP contribution < -0.4 is 10.6 Å². The van der Waals surface area contributed by atoms with Crippen LogP contribution in [0.15, 0.2) is 18.2 Å². The number of morpholine rings is 1. The van der Waals surface area contributed by atoms with Crippen molar-refractivity contribution in [3.8, 4) is 0 Å². The zero-order valence-electron chi connectivity index (χ0n) is 11.0. The molecule has 1 heterocycles. The Morgan fingerprint density at radius 1 is 1.56 bits per heavy atom. The van der Waals surface area contributed by atoms with Crippen LogP contribution in [0.3, 0.4) is 0 Å². The lowest BCUT2D eigenvalue weighted by Crippen LogP contribution is -2.43. The van der Waals surface area contributed by atoms with Crippen molar-refractivity contribution in [1.82, 2.24) is 5.32 Å². The maximum atomic E-state index is 13.4. The summed E-state index contributed by atoms with van der Waals surface area (Å²) in [5.41, 5.74) is 1.55. The average molecular weight is 252 g/mol. The molecule has 1 aromatic rings.